The highest BCUT2D eigenvalue weighted by Crippen LogP contribution is 2.10. The van der Waals surface area contributed by atoms with Gasteiger partial charge in [-0.25, -0.2) is 9.37 Å². The van der Waals surface area contributed by atoms with E-state index in [-0.39, 0.29) is 18.3 Å². The van der Waals surface area contributed by atoms with Crippen molar-refractivity contribution in [3.05, 3.63) is 71.9 Å². The van der Waals surface area contributed by atoms with E-state index in [2.05, 4.69) is 26.3 Å². The Bertz CT molecular complexity index is 916. The van der Waals surface area contributed by atoms with E-state index in [1.165, 1.54) is 6.07 Å². The molecule has 4 rings (SSSR count). The molecule has 1 aliphatic rings. The van der Waals surface area contributed by atoms with E-state index in [4.69, 9.17) is 0 Å². The first-order valence-corrected chi connectivity index (χ1v) is 9.55. The number of benzene rings is 1. The van der Waals surface area contributed by atoms with Crippen LogP contribution in [0.25, 0.3) is 5.65 Å². The second-order valence-corrected chi connectivity index (χ2v) is 7.12. The molecule has 0 aliphatic carbocycles. The van der Waals surface area contributed by atoms with Crippen LogP contribution in [0.1, 0.15) is 11.3 Å². The average molecular weight is 381 g/mol. The van der Waals surface area contributed by atoms with Crippen LogP contribution < -0.4 is 5.32 Å². The minimum absolute atomic E-state index is 0.0722. The number of imidazole rings is 1. The number of fused-ring (bicyclic) bond motifs is 1. The number of hydrogen-bond donors (Lipinski definition) is 1. The quantitative estimate of drug-likeness (QED) is 0.709. The summed E-state index contributed by atoms with van der Waals surface area (Å²) >= 11 is 0. The molecule has 7 heteroatoms. The van der Waals surface area contributed by atoms with Gasteiger partial charge in [0.1, 0.15) is 11.5 Å². The number of carbonyl (C=O) groups excluding carboxylic acids is 1. The standard InChI is InChI=1S/C21H24FN5O/c22-19-6-2-1-5-17(19)13-23-21(28)16-26-11-9-25(10-12-26)14-18-15-27-8-4-3-7-20(27)24-18/h1-8,15H,9-14,16H2,(H,23,28). The summed E-state index contributed by atoms with van der Waals surface area (Å²) in [6.45, 7) is 4.84. The van der Waals surface area contributed by atoms with Gasteiger partial charge in [-0.05, 0) is 18.2 Å². The van der Waals surface area contributed by atoms with Gasteiger partial charge in [-0.15, -0.1) is 0 Å². The van der Waals surface area contributed by atoms with E-state index < -0.39 is 0 Å². The van der Waals surface area contributed by atoms with Crippen LogP contribution in [-0.2, 0) is 17.9 Å². The topological polar surface area (TPSA) is 52.9 Å². The maximum atomic E-state index is 13.6. The Kier molecular flexibility index (Phi) is 5.64. The van der Waals surface area contributed by atoms with Gasteiger partial charge in [-0.1, -0.05) is 24.3 Å². The number of pyridine rings is 1. The molecule has 28 heavy (non-hydrogen) atoms. The van der Waals surface area contributed by atoms with Gasteiger partial charge < -0.3 is 9.72 Å². The van der Waals surface area contributed by atoms with Gasteiger partial charge in [0.05, 0.1) is 12.2 Å². The van der Waals surface area contributed by atoms with Crippen LogP contribution >= 0.6 is 0 Å². The van der Waals surface area contributed by atoms with Gasteiger partial charge in [0.2, 0.25) is 5.91 Å². The van der Waals surface area contributed by atoms with E-state index in [9.17, 15) is 9.18 Å². The molecule has 0 spiro atoms. The predicted molar refractivity (Wildman–Crippen MR) is 105 cm³/mol. The first kappa shape index (κ1) is 18.6. The summed E-state index contributed by atoms with van der Waals surface area (Å²) in [6.07, 6.45) is 4.07. The first-order valence-electron chi connectivity index (χ1n) is 9.55. The maximum Gasteiger partial charge on any atom is 0.234 e. The molecule has 0 bridgehead atoms. The van der Waals surface area contributed by atoms with Crippen molar-refractivity contribution in [2.24, 2.45) is 0 Å². The summed E-state index contributed by atoms with van der Waals surface area (Å²) in [5, 5.41) is 2.81. The van der Waals surface area contributed by atoms with Gasteiger partial charge in [0.25, 0.3) is 0 Å². The number of halogens is 1. The number of aromatic nitrogens is 2. The Hall–Kier alpha value is -2.77. The second kappa shape index (κ2) is 8.50. The average Bonchev–Trinajstić information content (AvgIpc) is 3.11. The van der Waals surface area contributed by atoms with Crippen LogP contribution in [0.2, 0.25) is 0 Å². The molecule has 1 N–H and O–H groups in total. The molecule has 146 valence electrons. The fraction of sp³-hybridized carbons (Fsp3) is 0.333. The maximum absolute atomic E-state index is 13.6. The number of rotatable bonds is 6. The zero-order valence-electron chi connectivity index (χ0n) is 15.7. The lowest BCUT2D eigenvalue weighted by atomic mass is 10.2. The first-order chi connectivity index (χ1) is 13.7. The largest absolute Gasteiger partial charge is 0.351 e. The summed E-state index contributed by atoms with van der Waals surface area (Å²) in [4.78, 5) is 21.3. The third kappa shape index (κ3) is 4.55. The minimum atomic E-state index is -0.289. The normalized spacial score (nSPS) is 15.8. The van der Waals surface area contributed by atoms with Crippen LogP contribution in [0.5, 0.6) is 0 Å². The molecule has 0 unspecified atom stereocenters. The molecular weight excluding hydrogens is 357 g/mol. The lowest BCUT2D eigenvalue weighted by molar-refractivity contribution is -0.122. The molecule has 3 aromatic rings. The monoisotopic (exact) mass is 381 g/mol. The van der Waals surface area contributed by atoms with E-state index >= 15 is 0 Å². The number of carbonyl (C=O) groups is 1. The summed E-state index contributed by atoms with van der Waals surface area (Å²) < 4.78 is 15.6. The summed E-state index contributed by atoms with van der Waals surface area (Å²) in [5.74, 6) is -0.361. The SMILES string of the molecule is O=C(CN1CCN(Cc2cn3ccccc3n2)CC1)NCc1ccccc1F. The summed E-state index contributed by atoms with van der Waals surface area (Å²) in [6, 6.07) is 12.5. The highest BCUT2D eigenvalue weighted by atomic mass is 19.1. The predicted octanol–water partition coefficient (Wildman–Crippen LogP) is 1.91. The number of hydrogen-bond acceptors (Lipinski definition) is 4. The second-order valence-electron chi connectivity index (χ2n) is 7.12. The molecule has 3 heterocycles. The Labute approximate surface area is 163 Å². The summed E-state index contributed by atoms with van der Waals surface area (Å²) in [7, 11) is 0. The highest BCUT2D eigenvalue weighted by Gasteiger charge is 2.19. The third-order valence-electron chi connectivity index (χ3n) is 5.07. The number of piperazine rings is 1. The van der Waals surface area contributed by atoms with Gasteiger partial charge in [-0.2, -0.15) is 0 Å². The number of nitrogens with one attached hydrogen (secondary N) is 1. The Morgan fingerprint density at radius 3 is 2.57 bits per heavy atom. The van der Waals surface area contributed by atoms with Gasteiger partial charge in [0, 0.05) is 57.2 Å². The van der Waals surface area contributed by atoms with E-state index in [0.717, 1.165) is 44.1 Å². The molecule has 0 atom stereocenters. The van der Waals surface area contributed by atoms with Crippen molar-refractivity contribution in [2.45, 2.75) is 13.1 Å². The van der Waals surface area contributed by atoms with Crippen molar-refractivity contribution in [3.63, 3.8) is 0 Å². The lowest BCUT2D eigenvalue weighted by Crippen LogP contribution is -2.49. The van der Waals surface area contributed by atoms with E-state index in [1.54, 1.807) is 18.2 Å². The molecule has 1 fully saturated rings. The third-order valence-corrected chi connectivity index (χ3v) is 5.07. The van der Waals surface area contributed by atoms with Crippen LogP contribution in [0.4, 0.5) is 4.39 Å². The van der Waals surface area contributed by atoms with Crippen molar-refractivity contribution in [1.82, 2.24) is 24.5 Å². The molecular formula is C21H24FN5O. The van der Waals surface area contributed by atoms with Crippen molar-refractivity contribution in [3.8, 4) is 0 Å². The van der Waals surface area contributed by atoms with Crippen LogP contribution in [0, 0.1) is 5.82 Å². The molecule has 1 amide bonds. The van der Waals surface area contributed by atoms with Gasteiger partial charge >= 0.3 is 0 Å². The number of amides is 1. The fourth-order valence-electron chi connectivity index (χ4n) is 3.49. The molecule has 1 aromatic carbocycles. The van der Waals surface area contributed by atoms with Crippen LogP contribution in [0.15, 0.2) is 54.9 Å². The molecule has 6 nitrogen and oxygen atoms in total. The van der Waals surface area contributed by atoms with Gasteiger partial charge in [0.15, 0.2) is 0 Å². The van der Waals surface area contributed by atoms with Crippen molar-refractivity contribution in [1.29, 1.82) is 0 Å². The van der Waals surface area contributed by atoms with Crippen molar-refractivity contribution < 1.29 is 9.18 Å². The molecule has 1 aliphatic heterocycles. The molecule has 0 saturated carbocycles. The van der Waals surface area contributed by atoms with E-state index in [1.807, 2.05) is 28.8 Å². The Balaban J connectivity index is 1.21. The smallest absolute Gasteiger partial charge is 0.234 e. The molecule has 0 radical (unpaired) electrons. The highest BCUT2D eigenvalue weighted by molar-refractivity contribution is 5.78. The van der Waals surface area contributed by atoms with Crippen LogP contribution in [-0.4, -0.2) is 57.8 Å². The molecule has 1 saturated heterocycles. The lowest BCUT2D eigenvalue weighted by Gasteiger charge is -2.33. The number of nitrogens with zero attached hydrogens (tertiary/aromatic N) is 4. The zero-order valence-corrected chi connectivity index (χ0v) is 15.7. The Morgan fingerprint density at radius 2 is 1.79 bits per heavy atom. The van der Waals surface area contributed by atoms with E-state index in [0.29, 0.717) is 12.1 Å². The van der Waals surface area contributed by atoms with Gasteiger partial charge in [-0.3, -0.25) is 14.6 Å². The van der Waals surface area contributed by atoms with Crippen molar-refractivity contribution >= 4 is 11.6 Å². The zero-order chi connectivity index (χ0) is 19.3. The fourth-order valence-corrected chi connectivity index (χ4v) is 3.49. The summed E-state index contributed by atoms with van der Waals surface area (Å²) in [5.41, 5.74) is 2.53. The molecule has 2 aromatic heterocycles. The van der Waals surface area contributed by atoms with Crippen molar-refractivity contribution in [2.75, 3.05) is 32.7 Å². The van der Waals surface area contributed by atoms with Crippen LogP contribution in [0.3, 0.4) is 0 Å². The Morgan fingerprint density at radius 1 is 1.04 bits per heavy atom. The minimum Gasteiger partial charge on any atom is -0.351 e.